The first-order chi connectivity index (χ1) is 17.4. The van der Waals surface area contributed by atoms with Crippen molar-refractivity contribution in [2.45, 2.75) is 25.9 Å². The van der Waals surface area contributed by atoms with Crippen molar-refractivity contribution in [1.82, 2.24) is 20.4 Å². The van der Waals surface area contributed by atoms with Gasteiger partial charge in [0, 0.05) is 18.7 Å². The topological polar surface area (TPSA) is 97.6 Å². The molecule has 188 valence electrons. The molecule has 1 aromatic heterocycles. The van der Waals surface area contributed by atoms with Gasteiger partial charge in [-0.15, -0.1) is 0 Å². The predicted molar refractivity (Wildman–Crippen MR) is 143 cm³/mol. The molecule has 0 aliphatic carbocycles. The van der Waals surface area contributed by atoms with Crippen LogP contribution in [0.25, 0.3) is 11.4 Å². The van der Waals surface area contributed by atoms with Crippen LogP contribution in [0.3, 0.4) is 0 Å². The minimum Gasteiger partial charge on any atom is -0.507 e. The summed E-state index contributed by atoms with van der Waals surface area (Å²) in [6.45, 7) is 7.46. The second-order valence-corrected chi connectivity index (χ2v) is 9.21. The summed E-state index contributed by atoms with van der Waals surface area (Å²) in [5.41, 5.74) is 2.24. The number of phenols is 1. The summed E-state index contributed by atoms with van der Waals surface area (Å²) < 4.78 is 14.0. The van der Waals surface area contributed by atoms with Gasteiger partial charge in [-0.2, -0.15) is 5.10 Å². The van der Waals surface area contributed by atoms with E-state index >= 15 is 0 Å². The van der Waals surface area contributed by atoms with Gasteiger partial charge in [-0.05, 0) is 65.5 Å². The molecule has 9 heteroatoms. The highest BCUT2D eigenvalue weighted by Crippen LogP contribution is 2.31. The molecule has 36 heavy (non-hydrogen) atoms. The van der Waals surface area contributed by atoms with Crippen molar-refractivity contribution in [3.8, 4) is 17.2 Å². The van der Waals surface area contributed by atoms with E-state index in [1.54, 1.807) is 29.1 Å². The summed E-state index contributed by atoms with van der Waals surface area (Å²) in [6.07, 6.45) is 4.53. The first kappa shape index (κ1) is 25.4. The monoisotopic (exact) mass is 552 g/mol. The second kappa shape index (κ2) is 11.8. The summed E-state index contributed by atoms with van der Waals surface area (Å²) in [5, 5.41) is 21.0. The van der Waals surface area contributed by atoms with Gasteiger partial charge in [0.15, 0.2) is 11.5 Å². The smallest absolute Gasteiger partial charge is 0.264 e. The van der Waals surface area contributed by atoms with Gasteiger partial charge in [-0.1, -0.05) is 36.9 Å². The lowest BCUT2D eigenvalue weighted by Crippen LogP contribution is -2.44. The number of amides is 1. The van der Waals surface area contributed by atoms with E-state index in [4.69, 9.17) is 9.47 Å². The van der Waals surface area contributed by atoms with E-state index in [2.05, 4.69) is 38.2 Å². The van der Waals surface area contributed by atoms with Gasteiger partial charge in [-0.3, -0.25) is 4.79 Å². The van der Waals surface area contributed by atoms with E-state index in [0.29, 0.717) is 35.7 Å². The van der Waals surface area contributed by atoms with Crippen LogP contribution >= 0.6 is 15.9 Å². The van der Waals surface area contributed by atoms with Crippen LogP contribution in [0, 0.1) is 6.92 Å². The lowest BCUT2D eigenvalue weighted by Gasteiger charge is -2.25. The molecule has 1 atom stereocenters. The molecular weight excluding hydrogens is 524 g/mol. The second-order valence-electron chi connectivity index (χ2n) is 8.35. The largest absolute Gasteiger partial charge is 0.507 e. The van der Waals surface area contributed by atoms with Crippen LogP contribution < -0.4 is 20.1 Å². The average molecular weight is 553 g/mol. The van der Waals surface area contributed by atoms with Gasteiger partial charge < -0.3 is 25.2 Å². The van der Waals surface area contributed by atoms with E-state index in [1.165, 1.54) is 0 Å². The summed E-state index contributed by atoms with van der Waals surface area (Å²) in [5.74, 6) is 1.96. The molecule has 0 saturated heterocycles. The van der Waals surface area contributed by atoms with Crippen LogP contribution in [0.1, 0.15) is 24.1 Å². The zero-order chi connectivity index (χ0) is 25.5. The Bertz CT molecular complexity index is 1270. The number of hydrogen-bond donors (Lipinski definition) is 3. The molecule has 0 fully saturated rings. The van der Waals surface area contributed by atoms with Crippen molar-refractivity contribution >= 4 is 33.2 Å². The lowest BCUT2D eigenvalue weighted by atomic mass is 10.1. The Morgan fingerprint density at radius 1 is 1.17 bits per heavy atom. The number of aromatic nitrogens is 2. The Hall–Kier alpha value is -3.72. The maximum atomic E-state index is 12.5. The Kier molecular flexibility index (Phi) is 8.32. The number of phenolic OH excluding ortho intramolecular Hbond substituents is 1. The maximum Gasteiger partial charge on any atom is 0.264 e. The van der Waals surface area contributed by atoms with Crippen molar-refractivity contribution < 1.29 is 19.4 Å². The fourth-order valence-electron chi connectivity index (χ4n) is 3.75. The predicted octanol–water partition coefficient (Wildman–Crippen LogP) is 4.50. The van der Waals surface area contributed by atoms with Crippen molar-refractivity contribution in [2.75, 3.05) is 19.7 Å². The normalized spacial score (nSPS) is 14.8. The Labute approximate surface area is 218 Å². The fourth-order valence-corrected chi connectivity index (χ4v) is 4.01. The summed E-state index contributed by atoms with van der Waals surface area (Å²) in [4.78, 5) is 12.5. The molecule has 1 amide bonds. The van der Waals surface area contributed by atoms with Crippen LogP contribution in [-0.2, 0) is 4.79 Å². The molecule has 1 unspecified atom stereocenters. The highest BCUT2D eigenvalue weighted by Gasteiger charge is 2.26. The Morgan fingerprint density at radius 3 is 2.58 bits per heavy atom. The third-order valence-corrected chi connectivity index (χ3v) is 6.53. The summed E-state index contributed by atoms with van der Waals surface area (Å²) in [7, 11) is 0. The van der Waals surface area contributed by atoms with E-state index in [1.807, 2.05) is 43.3 Å². The van der Waals surface area contributed by atoms with E-state index in [-0.39, 0.29) is 18.3 Å². The van der Waals surface area contributed by atoms with Crippen LogP contribution in [-0.4, -0.2) is 46.6 Å². The minimum absolute atomic E-state index is 0.169. The van der Waals surface area contributed by atoms with Gasteiger partial charge in [0.05, 0.1) is 16.4 Å². The quantitative estimate of drug-likeness (QED) is 0.253. The fraction of sp³-hybridized carbons (Fsp3) is 0.259. The number of benzene rings is 2. The van der Waals surface area contributed by atoms with Gasteiger partial charge in [0.1, 0.15) is 18.2 Å². The molecule has 4 rings (SSSR count). The number of allylic oxidation sites excluding steroid dienone is 2. The number of unbranched alkanes of at least 4 members (excludes halogenated alkanes) is 1. The van der Waals surface area contributed by atoms with Crippen LogP contribution in [0.2, 0.25) is 0 Å². The highest BCUT2D eigenvalue weighted by molar-refractivity contribution is 9.10. The first-order valence-corrected chi connectivity index (χ1v) is 12.5. The van der Waals surface area contributed by atoms with E-state index < -0.39 is 6.10 Å². The van der Waals surface area contributed by atoms with Crippen molar-refractivity contribution in [1.29, 1.82) is 0 Å². The number of nitrogens with zero attached hydrogens (tertiary/aromatic N) is 2. The third-order valence-electron chi connectivity index (χ3n) is 5.75. The van der Waals surface area contributed by atoms with Crippen LogP contribution in [0.5, 0.6) is 17.2 Å². The minimum atomic E-state index is -0.658. The molecule has 0 saturated carbocycles. The zero-order valence-corrected chi connectivity index (χ0v) is 21.6. The maximum absolute atomic E-state index is 12.5. The van der Waals surface area contributed by atoms with Gasteiger partial charge in [0.2, 0.25) is 6.10 Å². The van der Waals surface area contributed by atoms with Crippen molar-refractivity contribution in [3.05, 3.63) is 83.1 Å². The number of carbonyl (C=O) groups is 1. The SMILES string of the molecule is C=C(/C=C(/NCCCCNC(=O)C1COc2ccccc2O1)n1ncc(Br)c1C)c1ccccc1O. The number of aromatic hydroxyl groups is 1. The Morgan fingerprint density at radius 2 is 1.86 bits per heavy atom. The highest BCUT2D eigenvalue weighted by atomic mass is 79.9. The Balaban J connectivity index is 1.29. The van der Waals surface area contributed by atoms with Crippen LogP contribution in [0.15, 0.2) is 71.9 Å². The molecule has 1 aliphatic heterocycles. The third kappa shape index (κ3) is 6.09. The van der Waals surface area contributed by atoms with E-state index in [0.717, 1.165) is 28.8 Å². The summed E-state index contributed by atoms with van der Waals surface area (Å²) in [6, 6.07) is 14.4. The standard InChI is InChI=1S/C27H29BrN4O4/c1-18(20-9-3-4-10-22(20)33)15-26(32-19(2)21(28)16-31-32)29-13-7-8-14-30-27(34)25-17-35-23-11-5-6-12-24(23)36-25/h3-6,9-12,15-16,25,29,33H,1,7-8,13-14,17H2,2H3,(H,30,34)/b26-15-. The lowest BCUT2D eigenvalue weighted by molar-refractivity contribution is -0.130. The van der Waals surface area contributed by atoms with Gasteiger partial charge >= 0.3 is 0 Å². The van der Waals surface area contributed by atoms with Gasteiger partial charge in [0.25, 0.3) is 5.91 Å². The summed E-state index contributed by atoms with van der Waals surface area (Å²) >= 11 is 3.50. The molecule has 2 heterocycles. The molecule has 8 nitrogen and oxygen atoms in total. The number of ether oxygens (including phenoxy) is 2. The zero-order valence-electron chi connectivity index (χ0n) is 20.0. The number of hydrogen-bond acceptors (Lipinski definition) is 6. The van der Waals surface area contributed by atoms with Crippen molar-refractivity contribution in [3.63, 3.8) is 0 Å². The average Bonchev–Trinajstić information content (AvgIpc) is 3.22. The number of rotatable bonds is 10. The van der Waals surface area contributed by atoms with Gasteiger partial charge in [-0.25, -0.2) is 4.68 Å². The molecule has 3 N–H and O–H groups in total. The number of carbonyl (C=O) groups excluding carboxylic acids is 1. The number of nitrogens with one attached hydrogen (secondary N) is 2. The molecule has 0 radical (unpaired) electrons. The number of fused-ring (bicyclic) bond motifs is 1. The molecule has 2 aromatic carbocycles. The molecular formula is C27H29BrN4O4. The van der Waals surface area contributed by atoms with E-state index in [9.17, 15) is 9.90 Å². The van der Waals surface area contributed by atoms with Crippen molar-refractivity contribution in [2.24, 2.45) is 0 Å². The molecule has 0 spiro atoms. The molecule has 3 aromatic rings. The molecule has 0 bridgehead atoms. The number of para-hydroxylation sites is 3. The van der Waals surface area contributed by atoms with Crippen LogP contribution in [0.4, 0.5) is 0 Å². The molecule has 1 aliphatic rings. The first-order valence-electron chi connectivity index (χ1n) is 11.7. The number of halogens is 1.